The molecule has 0 bridgehead atoms. The highest BCUT2D eigenvalue weighted by atomic mass is 32.1. The van der Waals surface area contributed by atoms with Crippen LogP contribution in [0.1, 0.15) is 45.2 Å². The zero-order valence-electron chi connectivity index (χ0n) is 13.0. The highest BCUT2D eigenvalue weighted by Crippen LogP contribution is 2.29. The second-order valence-electron chi connectivity index (χ2n) is 5.77. The number of hydrogen-bond acceptors (Lipinski definition) is 3. The molecule has 0 saturated heterocycles. The quantitative estimate of drug-likeness (QED) is 0.485. The van der Waals surface area contributed by atoms with Gasteiger partial charge in [0.25, 0.3) is 0 Å². The first kappa shape index (κ1) is 15.4. The molecule has 2 aromatic heterocycles. The number of hydrogen-bond donors (Lipinski definition) is 0. The first-order chi connectivity index (χ1) is 10.6. The average Bonchev–Trinajstić information content (AvgIpc) is 3.04. The van der Waals surface area contributed by atoms with Gasteiger partial charge in [-0.15, -0.1) is 22.7 Å². The number of ketones is 1. The molecule has 0 atom stereocenters. The van der Waals surface area contributed by atoms with E-state index in [2.05, 4.69) is 50.3 Å². The molecule has 114 valence electrons. The number of carbonyl (C=O) groups excluding carboxylic acids is 1. The van der Waals surface area contributed by atoms with Crippen LogP contribution >= 0.6 is 22.7 Å². The van der Waals surface area contributed by atoms with Gasteiger partial charge in [-0.25, -0.2) is 0 Å². The van der Waals surface area contributed by atoms with Crippen LogP contribution in [0.4, 0.5) is 0 Å². The Balaban J connectivity index is 1.90. The molecule has 3 heteroatoms. The minimum absolute atomic E-state index is 0.245. The molecule has 0 aromatic carbocycles. The summed E-state index contributed by atoms with van der Waals surface area (Å²) < 4.78 is 0. The fourth-order valence-electron chi connectivity index (χ4n) is 2.75. The highest BCUT2D eigenvalue weighted by molar-refractivity contribution is 7.13. The molecule has 0 N–H and O–H groups in total. The van der Waals surface area contributed by atoms with E-state index in [0.717, 1.165) is 36.8 Å². The van der Waals surface area contributed by atoms with Crippen LogP contribution in [0.25, 0.3) is 12.2 Å². The van der Waals surface area contributed by atoms with Crippen molar-refractivity contribution in [2.24, 2.45) is 0 Å². The first-order valence-electron chi connectivity index (χ1n) is 7.70. The van der Waals surface area contributed by atoms with Gasteiger partial charge in [0, 0.05) is 30.7 Å². The van der Waals surface area contributed by atoms with Crippen LogP contribution in [0.2, 0.25) is 0 Å². The molecule has 0 amide bonds. The van der Waals surface area contributed by atoms with Crippen LogP contribution in [-0.4, -0.2) is 5.78 Å². The van der Waals surface area contributed by atoms with Crippen LogP contribution < -0.4 is 0 Å². The van der Waals surface area contributed by atoms with Gasteiger partial charge in [-0.05, 0) is 75.9 Å². The Morgan fingerprint density at radius 1 is 0.818 bits per heavy atom. The molecule has 0 spiro atoms. The summed E-state index contributed by atoms with van der Waals surface area (Å²) in [5, 5.41) is 0. The normalized spacial score (nSPS) is 19.8. The number of carbonyl (C=O) groups is 1. The van der Waals surface area contributed by atoms with Crippen molar-refractivity contribution < 1.29 is 4.79 Å². The van der Waals surface area contributed by atoms with Gasteiger partial charge in [0.15, 0.2) is 5.78 Å². The van der Waals surface area contributed by atoms with Crippen molar-refractivity contribution in [3.8, 4) is 0 Å². The Kier molecular flexibility index (Phi) is 4.74. The number of Topliss-reactive ketones (excluding diaryl/α,β-unsaturated/α-hetero) is 1. The molecule has 1 aliphatic rings. The zero-order chi connectivity index (χ0) is 15.5. The third-order valence-electron chi connectivity index (χ3n) is 3.88. The lowest BCUT2D eigenvalue weighted by Crippen LogP contribution is -2.03. The maximum Gasteiger partial charge on any atom is 0.185 e. The Morgan fingerprint density at radius 3 is 1.64 bits per heavy atom. The summed E-state index contributed by atoms with van der Waals surface area (Å²) in [6.07, 6.45) is 8.19. The van der Waals surface area contributed by atoms with Gasteiger partial charge in [0.05, 0.1) is 0 Å². The summed E-state index contributed by atoms with van der Waals surface area (Å²) in [4.78, 5) is 17.8. The minimum atomic E-state index is 0.245. The predicted octanol–water partition coefficient (Wildman–Crippen LogP) is 6.04. The van der Waals surface area contributed by atoms with E-state index in [1.165, 1.54) is 19.5 Å². The molecule has 0 aliphatic heterocycles. The van der Waals surface area contributed by atoms with Crippen LogP contribution in [0, 0.1) is 13.8 Å². The molecule has 1 fully saturated rings. The molecule has 0 unspecified atom stereocenters. The third-order valence-corrected chi connectivity index (χ3v) is 5.78. The number of thiophene rings is 2. The van der Waals surface area contributed by atoms with Crippen molar-refractivity contribution in [2.75, 3.05) is 0 Å². The van der Waals surface area contributed by atoms with E-state index in [-0.39, 0.29) is 5.78 Å². The summed E-state index contributed by atoms with van der Waals surface area (Å²) in [7, 11) is 0. The fourth-order valence-corrected chi connectivity index (χ4v) is 4.44. The lowest BCUT2D eigenvalue weighted by molar-refractivity contribution is -0.112. The summed E-state index contributed by atoms with van der Waals surface area (Å²) in [6.45, 7) is 4.21. The monoisotopic (exact) mass is 328 g/mol. The lowest BCUT2D eigenvalue weighted by Gasteiger charge is -2.04. The highest BCUT2D eigenvalue weighted by Gasteiger charge is 2.19. The van der Waals surface area contributed by atoms with Crippen molar-refractivity contribution in [1.29, 1.82) is 0 Å². The van der Waals surface area contributed by atoms with Gasteiger partial charge in [-0.1, -0.05) is 0 Å². The van der Waals surface area contributed by atoms with Crippen molar-refractivity contribution >= 4 is 40.6 Å². The summed E-state index contributed by atoms with van der Waals surface area (Å²) in [6, 6.07) is 8.45. The van der Waals surface area contributed by atoms with Crippen molar-refractivity contribution in [3.63, 3.8) is 0 Å². The zero-order valence-corrected chi connectivity index (χ0v) is 14.7. The molecule has 0 radical (unpaired) electrons. The SMILES string of the molecule is Cc1ccc(C=C2CCCC/C(=C\c3ccc(C)s3)C2=O)s1. The topological polar surface area (TPSA) is 17.1 Å². The van der Waals surface area contributed by atoms with Crippen molar-refractivity contribution in [2.45, 2.75) is 39.5 Å². The predicted molar refractivity (Wildman–Crippen MR) is 97.5 cm³/mol. The third kappa shape index (κ3) is 3.65. The standard InChI is InChI=1S/C19H20OS2/c1-13-7-9-17(21-13)11-15-5-3-4-6-16(19(15)20)12-18-10-8-14(2)22-18/h7-12H,3-6H2,1-2H3/b15-11+,16-12?. The van der Waals surface area contributed by atoms with Gasteiger partial charge in [-0.2, -0.15) is 0 Å². The van der Waals surface area contributed by atoms with Crippen molar-refractivity contribution in [1.82, 2.24) is 0 Å². The second kappa shape index (κ2) is 6.76. The first-order valence-corrected chi connectivity index (χ1v) is 9.34. The van der Waals surface area contributed by atoms with Crippen LogP contribution in [0.5, 0.6) is 0 Å². The largest absolute Gasteiger partial charge is 0.289 e. The summed E-state index contributed by atoms with van der Waals surface area (Å²) >= 11 is 3.51. The molecule has 1 aliphatic carbocycles. The van der Waals surface area contributed by atoms with E-state index < -0.39 is 0 Å². The molecule has 3 rings (SSSR count). The minimum Gasteiger partial charge on any atom is -0.289 e. The van der Waals surface area contributed by atoms with E-state index in [9.17, 15) is 4.79 Å². The fraction of sp³-hybridized carbons (Fsp3) is 0.316. The van der Waals surface area contributed by atoms with Crippen molar-refractivity contribution in [3.05, 3.63) is 54.9 Å². The van der Waals surface area contributed by atoms with E-state index >= 15 is 0 Å². The number of allylic oxidation sites excluding steroid dienone is 2. The van der Waals surface area contributed by atoms with Crippen LogP contribution in [0.15, 0.2) is 35.4 Å². The Labute approximate surface area is 140 Å². The average molecular weight is 329 g/mol. The maximum atomic E-state index is 12.8. The Hall–Kier alpha value is -1.45. The van der Waals surface area contributed by atoms with Gasteiger partial charge in [0.1, 0.15) is 0 Å². The van der Waals surface area contributed by atoms with Gasteiger partial charge < -0.3 is 0 Å². The molecule has 2 heterocycles. The molecule has 1 nitrogen and oxygen atoms in total. The second-order valence-corrected chi connectivity index (χ2v) is 8.41. The summed E-state index contributed by atoms with van der Waals surface area (Å²) in [5.74, 6) is 0.245. The molecule has 22 heavy (non-hydrogen) atoms. The van der Waals surface area contributed by atoms with E-state index in [0.29, 0.717) is 0 Å². The molecule has 2 aromatic rings. The van der Waals surface area contributed by atoms with Crippen LogP contribution in [-0.2, 0) is 4.79 Å². The Bertz CT molecular complexity index is 681. The number of rotatable bonds is 2. The lowest BCUT2D eigenvalue weighted by atomic mass is 10.0. The molecule has 1 saturated carbocycles. The van der Waals surface area contributed by atoms with Gasteiger partial charge >= 0.3 is 0 Å². The number of aryl methyl sites for hydroxylation is 2. The molecular weight excluding hydrogens is 308 g/mol. The van der Waals surface area contributed by atoms with E-state index in [4.69, 9.17) is 0 Å². The van der Waals surface area contributed by atoms with E-state index in [1.807, 2.05) is 0 Å². The molecular formula is C19H20OS2. The van der Waals surface area contributed by atoms with Gasteiger partial charge in [0.2, 0.25) is 0 Å². The maximum absolute atomic E-state index is 12.8. The summed E-state index contributed by atoms with van der Waals surface area (Å²) in [5.41, 5.74) is 1.94. The smallest absolute Gasteiger partial charge is 0.185 e. The Morgan fingerprint density at radius 2 is 1.27 bits per heavy atom. The van der Waals surface area contributed by atoms with Gasteiger partial charge in [-0.3, -0.25) is 4.79 Å². The van der Waals surface area contributed by atoms with Crippen LogP contribution in [0.3, 0.4) is 0 Å². The van der Waals surface area contributed by atoms with E-state index in [1.54, 1.807) is 22.7 Å².